The first-order chi connectivity index (χ1) is 11.0. The van der Waals surface area contributed by atoms with Crippen molar-refractivity contribution in [3.05, 3.63) is 53.5 Å². The highest BCUT2D eigenvalue weighted by atomic mass is 16.4. The minimum absolute atomic E-state index is 0.716. The molecule has 0 radical (unpaired) electrons. The maximum atomic E-state index is 11.7. The molecule has 0 spiro atoms. The molecule has 0 fully saturated rings. The average molecular weight is 306 g/mol. The number of aromatic nitrogens is 2. The normalized spacial score (nSPS) is 14.3. The van der Waals surface area contributed by atoms with Crippen molar-refractivity contribution in [1.29, 1.82) is 0 Å². The third kappa shape index (κ3) is 1.84. The maximum absolute atomic E-state index is 11.7. The number of imidazole rings is 1. The molecule has 116 valence electrons. The van der Waals surface area contributed by atoms with E-state index in [2.05, 4.69) is 29.3 Å². The zero-order valence-electron chi connectivity index (χ0n) is 13.2. The Labute approximate surface area is 134 Å². The number of pyridine rings is 1. The molecule has 1 aromatic carbocycles. The fourth-order valence-electron chi connectivity index (χ4n) is 3.41. The van der Waals surface area contributed by atoms with Gasteiger partial charge in [0, 0.05) is 5.39 Å². The molecule has 4 rings (SSSR count). The Bertz CT molecular complexity index is 980. The van der Waals surface area contributed by atoms with Gasteiger partial charge in [-0.1, -0.05) is 30.3 Å². The lowest BCUT2D eigenvalue weighted by atomic mass is 9.89. The Hall–Kier alpha value is -2.62. The minimum atomic E-state index is -0.999. The second-order valence-corrected chi connectivity index (χ2v) is 6.58. The summed E-state index contributed by atoms with van der Waals surface area (Å²) in [5.74, 6) is -0.846. The Morgan fingerprint density at radius 2 is 2.00 bits per heavy atom. The van der Waals surface area contributed by atoms with Gasteiger partial charge in [0.25, 0.3) is 0 Å². The molecular formula is C19H18N2O2. The fraction of sp³-hybridized carbons (Fsp3) is 0.263. The summed E-state index contributed by atoms with van der Waals surface area (Å²) in [6.07, 6.45) is 7.93. The number of carboxylic acids is 1. The van der Waals surface area contributed by atoms with E-state index in [9.17, 15) is 9.90 Å². The number of hydrogen-bond donors (Lipinski definition) is 1. The lowest BCUT2D eigenvalue weighted by Crippen LogP contribution is -2.30. The van der Waals surface area contributed by atoms with Crippen molar-refractivity contribution in [2.45, 2.75) is 32.1 Å². The summed E-state index contributed by atoms with van der Waals surface area (Å²) in [6, 6.07) is 8.24. The summed E-state index contributed by atoms with van der Waals surface area (Å²) in [6.45, 7) is 3.46. The first kappa shape index (κ1) is 14.0. The van der Waals surface area contributed by atoms with Gasteiger partial charge in [0.2, 0.25) is 0 Å². The van der Waals surface area contributed by atoms with Gasteiger partial charge in [-0.2, -0.15) is 0 Å². The zero-order valence-corrected chi connectivity index (χ0v) is 13.2. The van der Waals surface area contributed by atoms with Gasteiger partial charge in [0.05, 0.1) is 17.6 Å². The van der Waals surface area contributed by atoms with Crippen LogP contribution in [0, 0.1) is 0 Å². The first-order valence-electron chi connectivity index (χ1n) is 7.83. The largest absolute Gasteiger partial charge is 0.481 e. The van der Waals surface area contributed by atoms with Gasteiger partial charge < -0.3 is 5.11 Å². The molecule has 0 amide bonds. The Morgan fingerprint density at radius 1 is 1.26 bits per heavy atom. The van der Waals surface area contributed by atoms with Crippen molar-refractivity contribution < 1.29 is 9.90 Å². The molecule has 23 heavy (non-hydrogen) atoms. The molecule has 0 aliphatic heterocycles. The summed E-state index contributed by atoms with van der Waals surface area (Å²) in [7, 11) is 0. The lowest BCUT2D eigenvalue weighted by molar-refractivity contribution is -0.142. The van der Waals surface area contributed by atoms with Crippen molar-refractivity contribution in [2.24, 2.45) is 0 Å². The molecule has 0 atom stereocenters. The second-order valence-electron chi connectivity index (χ2n) is 6.58. The summed E-state index contributed by atoms with van der Waals surface area (Å²) >= 11 is 0. The number of benzene rings is 1. The van der Waals surface area contributed by atoms with Crippen LogP contribution in [0.5, 0.6) is 0 Å². The fourth-order valence-corrected chi connectivity index (χ4v) is 3.41. The predicted molar refractivity (Wildman–Crippen MR) is 90.7 cm³/mol. The second kappa shape index (κ2) is 4.69. The van der Waals surface area contributed by atoms with E-state index in [0.29, 0.717) is 5.69 Å². The standard InChI is InChI=1S/C19H18N2O2/c1-19(2,18(22)23)16-11-20-17-14-9-4-3-7-12(14)13-8-5-6-10-15(13)21(16)17/h3-4,6-7,9-11H,5,8H2,1-2H3,(H,22,23). The average Bonchev–Trinajstić information content (AvgIpc) is 3.01. The molecule has 0 bridgehead atoms. The Kier molecular flexibility index (Phi) is 2.85. The van der Waals surface area contributed by atoms with Crippen LogP contribution >= 0.6 is 0 Å². The van der Waals surface area contributed by atoms with Crippen LogP contribution in [0.4, 0.5) is 0 Å². The van der Waals surface area contributed by atoms with E-state index in [1.165, 1.54) is 10.9 Å². The molecule has 2 heterocycles. The first-order valence-corrected chi connectivity index (χ1v) is 7.83. The number of allylic oxidation sites excluding steroid dienone is 1. The molecule has 0 saturated heterocycles. The number of fused-ring (bicyclic) bond motifs is 6. The van der Waals surface area contributed by atoms with Gasteiger partial charge in [0.15, 0.2) is 0 Å². The monoisotopic (exact) mass is 306 g/mol. The minimum Gasteiger partial charge on any atom is -0.481 e. The van der Waals surface area contributed by atoms with Crippen LogP contribution in [-0.2, 0) is 16.6 Å². The van der Waals surface area contributed by atoms with Gasteiger partial charge >= 0.3 is 5.97 Å². The van der Waals surface area contributed by atoms with Crippen LogP contribution in [0.3, 0.4) is 0 Å². The van der Waals surface area contributed by atoms with Crippen molar-refractivity contribution in [1.82, 2.24) is 9.38 Å². The molecule has 4 nitrogen and oxygen atoms in total. The van der Waals surface area contributed by atoms with Crippen molar-refractivity contribution in [2.75, 3.05) is 0 Å². The summed E-state index contributed by atoms with van der Waals surface area (Å²) in [5, 5.41) is 11.9. The van der Waals surface area contributed by atoms with Gasteiger partial charge in [-0.3, -0.25) is 9.20 Å². The van der Waals surface area contributed by atoms with E-state index in [1.54, 1.807) is 20.0 Å². The molecule has 4 heteroatoms. The zero-order chi connectivity index (χ0) is 16.2. The lowest BCUT2D eigenvalue weighted by Gasteiger charge is -2.23. The van der Waals surface area contributed by atoms with E-state index in [-0.39, 0.29) is 0 Å². The van der Waals surface area contributed by atoms with Crippen LogP contribution < -0.4 is 0 Å². The quantitative estimate of drug-likeness (QED) is 0.783. The summed E-state index contributed by atoms with van der Waals surface area (Å²) in [5.41, 5.74) is 2.88. The smallest absolute Gasteiger partial charge is 0.315 e. The van der Waals surface area contributed by atoms with Crippen LogP contribution in [0.25, 0.3) is 22.5 Å². The van der Waals surface area contributed by atoms with E-state index >= 15 is 0 Å². The summed E-state index contributed by atoms with van der Waals surface area (Å²) < 4.78 is 2.03. The molecule has 1 aliphatic carbocycles. The van der Waals surface area contributed by atoms with E-state index < -0.39 is 11.4 Å². The number of carboxylic acid groups (broad SMARTS) is 1. The molecule has 2 aromatic heterocycles. The number of aliphatic carboxylic acids is 1. The van der Waals surface area contributed by atoms with E-state index in [0.717, 1.165) is 29.6 Å². The summed E-state index contributed by atoms with van der Waals surface area (Å²) in [4.78, 5) is 16.3. The number of rotatable bonds is 2. The van der Waals surface area contributed by atoms with Crippen LogP contribution in [-0.4, -0.2) is 20.5 Å². The highest BCUT2D eigenvalue weighted by Gasteiger charge is 2.34. The van der Waals surface area contributed by atoms with Crippen LogP contribution in [0.1, 0.15) is 37.2 Å². The van der Waals surface area contributed by atoms with Crippen molar-refractivity contribution in [3.63, 3.8) is 0 Å². The van der Waals surface area contributed by atoms with Crippen LogP contribution in [0.15, 0.2) is 36.5 Å². The highest BCUT2D eigenvalue weighted by Crippen LogP contribution is 2.34. The van der Waals surface area contributed by atoms with Crippen molar-refractivity contribution in [3.8, 4) is 0 Å². The van der Waals surface area contributed by atoms with Gasteiger partial charge in [-0.25, -0.2) is 4.98 Å². The van der Waals surface area contributed by atoms with E-state index in [1.807, 2.05) is 16.5 Å². The third-order valence-corrected chi connectivity index (χ3v) is 4.82. The number of aryl methyl sites for hydroxylation is 1. The number of carbonyl (C=O) groups is 1. The molecule has 0 unspecified atom stereocenters. The van der Waals surface area contributed by atoms with E-state index in [4.69, 9.17) is 0 Å². The molecular weight excluding hydrogens is 288 g/mol. The van der Waals surface area contributed by atoms with Gasteiger partial charge in [0.1, 0.15) is 11.1 Å². The molecule has 0 saturated carbocycles. The Balaban J connectivity index is 2.21. The SMILES string of the molecule is CC(C)(C(=O)O)c1cnc2c3ccccc3c3c(n12)C=CCC3. The number of hydrogen-bond acceptors (Lipinski definition) is 2. The third-order valence-electron chi connectivity index (χ3n) is 4.82. The molecule has 3 aromatic rings. The Morgan fingerprint density at radius 3 is 2.74 bits per heavy atom. The molecule has 1 N–H and O–H groups in total. The highest BCUT2D eigenvalue weighted by molar-refractivity contribution is 5.99. The topological polar surface area (TPSA) is 54.6 Å². The van der Waals surface area contributed by atoms with Gasteiger partial charge in [-0.05, 0) is 43.7 Å². The van der Waals surface area contributed by atoms with Gasteiger partial charge in [-0.15, -0.1) is 0 Å². The maximum Gasteiger partial charge on any atom is 0.315 e. The predicted octanol–water partition coefficient (Wildman–Crippen LogP) is 3.81. The van der Waals surface area contributed by atoms with Crippen molar-refractivity contribution >= 4 is 28.5 Å². The molecule has 1 aliphatic rings. The van der Waals surface area contributed by atoms with Crippen LogP contribution in [0.2, 0.25) is 0 Å². The number of nitrogens with zero attached hydrogens (tertiary/aromatic N) is 2.